The van der Waals surface area contributed by atoms with Crippen LogP contribution in [0.3, 0.4) is 0 Å². The van der Waals surface area contributed by atoms with E-state index in [2.05, 4.69) is 48.0 Å². The lowest BCUT2D eigenvalue weighted by molar-refractivity contribution is 0.355. The minimum absolute atomic E-state index is 0.169. The van der Waals surface area contributed by atoms with Crippen LogP contribution in [-0.4, -0.2) is 26.1 Å². The highest BCUT2D eigenvalue weighted by Gasteiger charge is 2.14. The molecule has 140 valence electrons. The third-order valence-electron chi connectivity index (χ3n) is 4.27. The van der Waals surface area contributed by atoms with E-state index in [9.17, 15) is 4.79 Å². The van der Waals surface area contributed by atoms with Gasteiger partial charge in [-0.1, -0.05) is 47.0 Å². The van der Waals surface area contributed by atoms with Crippen molar-refractivity contribution in [3.05, 3.63) is 10.5 Å². The largest absolute Gasteiger partial charge is 0.382 e. The first-order chi connectivity index (χ1) is 11.8. The number of unbranched alkanes of at least 4 members (excludes halogenated alkanes) is 3. The summed E-state index contributed by atoms with van der Waals surface area (Å²) in [5, 5.41) is 3.18. The second kappa shape index (κ2) is 8.36. The van der Waals surface area contributed by atoms with Gasteiger partial charge in [-0.05, 0) is 24.7 Å². The number of hydrogen-bond donors (Lipinski definition) is 3. The van der Waals surface area contributed by atoms with E-state index in [0.29, 0.717) is 34.9 Å². The number of aromatic amines is 1. The van der Waals surface area contributed by atoms with E-state index >= 15 is 0 Å². The molecule has 0 amide bonds. The Kier molecular flexibility index (Phi) is 6.45. The Bertz CT molecular complexity index is 740. The Morgan fingerprint density at radius 1 is 1.16 bits per heavy atom. The van der Waals surface area contributed by atoms with Crippen LogP contribution in [0.15, 0.2) is 4.79 Å². The van der Waals surface area contributed by atoms with E-state index < -0.39 is 0 Å². The molecule has 2 rings (SSSR count). The van der Waals surface area contributed by atoms with Crippen LogP contribution in [0.2, 0.25) is 0 Å². The van der Waals surface area contributed by atoms with Gasteiger partial charge in [0.25, 0.3) is 0 Å². The van der Waals surface area contributed by atoms with Gasteiger partial charge >= 0.3 is 5.69 Å². The maximum Gasteiger partial charge on any atom is 0.327 e. The van der Waals surface area contributed by atoms with Crippen molar-refractivity contribution in [3.63, 3.8) is 0 Å². The SMILES string of the molecule is CCCCNc1nc(N)c2[nH]c(=O)n(CCCCCC(C)(C)C)c2n1. The molecule has 0 aliphatic rings. The number of fused-ring (bicyclic) bond motifs is 1. The van der Waals surface area contributed by atoms with Gasteiger partial charge in [0.2, 0.25) is 5.95 Å². The fourth-order valence-electron chi connectivity index (χ4n) is 2.82. The van der Waals surface area contributed by atoms with Gasteiger partial charge in [0.05, 0.1) is 0 Å². The van der Waals surface area contributed by atoms with Gasteiger partial charge < -0.3 is 16.0 Å². The van der Waals surface area contributed by atoms with Crippen LogP contribution >= 0.6 is 0 Å². The normalized spacial score (nSPS) is 12.0. The van der Waals surface area contributed by atoms with Gasteiger partial charge in [-0.25, -0.2) is 4.79 Å². The molecule has 0 unspecified atom stereocenters. The minimum atomic E-state index is -0.169. The van der Waals surface area contributed by atoms with Crippen molar-refractivity contribution in [1.82, 2.24) is 19.5 Å². The number of imidazole rings is 1. The number of nitrogens with one attached hydrogen (secondary N) is 2. The molecule has 0 aromatic carbocycles. The van der Waals surface area contributed by atoms with Gasteiger partial charge in [-0.3, -0.25) is 4.57 Å². The molecule has 4 N–H and O–H groups in total. The summed E-state index contributed by atoms with van der Waals surface area (Å²) in [6, 6.07) is 0. The number of rotatable bonds is 9. The molecule has 2 aromatic rings. The number of aromatic nitrogens is 4. The van der Waals surface area contributed by atoms with Crippen LogP contribution in [0.4, 0.5) is 11.8 Å². The Morgan fingerprint density at radius 2 is 1.92 bits per heavy atom. The molecule has 25 heavy (non-hydrogen) atoms. The van der Waals surface area contributed by atoms with Crippen LogP contribution in [0.5, 0.6) is 0 Å². The van der Waals surface area contributed by atoms with E-state index in [1.165, 1.54) is 12.8 Å². The molecular weight excluding hydrogens is 316 g/mol. The maximum absolute atomic E-state index is 12.2. The maximum atomic E-state index is 12.2. The first-order valence-corrected chi connectivity index (χ1v) is 9.31. The summed E-state index contributed by atoms with van der Waals surface area (Å²) in [7, 11) is 0. The second-order valence-corrected chi connectivity index (χ2v) is 7.86. The third-order valence-corrected chi connectivity index (χ3v) is 4.27. The summed E-state index contributed by atoms with van der Waals surface area (Å²) >= 11 is 0. The fraction of sp³-hybridized carbons (Fsp3) is 0.722. The number of nitrogens with zero attached hydrogens (tertiary/aromatic N) is 3. The number of anilines is 2. The number of H-pyrrole nitrogens is 1. The molecular formula is C18H32N6O. The Morgan fingerprint density at radius 3 is 2.60 bits per heavy atom. The van der Waals surface area contributed by atoms with Crippen molar-refractivity contribution in [2.75, 3.05) is 17.6 Å². The lowest BCUT2D eigenvalue weighted by Gasteiger charge is -2.17. The predicted molar refractivity (Wildman–Crippen MR) is 104 cm³/mol. The zero-order valence-corrected chi connectivity index (χ0v) is 16.0. The summed E-state index contributed by atoms with van der Waals surface area (Å²) in [4.78, 5) is 23.8. The van der Waals surface area contributed by atoms with Crippen molar-refractivity contribution in [2.24, 2.45) is 5.41 Å². The summed E-state index contributed by atoms with van der Waals surface area (Å²) in [6.45, 7) is 10.3. The molecule has 0 aliphatic heterocycles. The van der Waals surface area contributed by atoms with Crippen LogP contribution < -0.4 is 16.7 Å². The fourth-order valence-corrected chi connectivity index (χ4v) is 2.82. The zero-order valence-electron chi connectivity index (χ0n) is 16.0. The Balaban J connectivity index is 2.08. The minimum Gasteiger partial charge on any atom is -0.382 e. The van der Waals surface area contributed by atoms with Crippen LogP contribution in [0.1, 0.15) is 66.2 Å². The molecule has 0 saturated heterocycles. The van der Waals surface area contributed by atoms with E-state index in [1.54, 1.807) is 4.57 Å². The van der Waals surface area contributed by atoms with Gasteiger partial charge in [0.15, 0.2) is 11.5 Å². The average Bonchev–Trinajstić information content (AvgIpc) is 2.83. The quantitative estimate of drug-likeness (QED) is 0.602. The summed E-state index contributed by atoms with van der Waals surface area (Å²) < 4.78 is 1.68. The van der Waals surface area contributed by atoms with Crippen LogP contribution in [0, 0.1) is 5.41 Å². The molecule has 0 radical (unpaired) electrons. The first-order valence-electron chi connectivity index (χ1n) is 9.31. The third kappa shape index (κ3) is 5.47. The van der Waals surface area contributed by atoms with Crippen molar-refractivity contribution in [1.29, 1.82) is 0 Å². The highest BCUT2D eigenvalue weighted by atomic mass is 16.1. The topological polar surface area (TPSA) is 102 Å². The van der Waals surface area contributed by atoms with Crippen molar-refractivity contribution in [2.45, 2.75) is 72.8 Å². The highest BCUT2D eigenvalue weighted by Crippen LogP contribution is 2.22. The molecule has 0 bridgehead atoms. The molecule has 7 nitrogen and oxygen atoms in total. The molecule has 0 saturated carbocycles. The lowest BCUT2D eigenvalue weighted by atomic mass is 9.89. The van der Waals surface area contributed by atoms with E-state index in [0.717, 1.165) is 32.2 Å². The zero-order chi connectivity index (χ0) is 18.4. The van der Waals surface area contributed by atoms with Crippen LogP contribution in [-0.2, 0) is 6.54 Å². The van der Waals surface area contributed by atoms with E-state index in [-0.39, 0.29) is 5.69 Å². The van der Waals surface area contributed by atoms with Crippen molar-refractivity contribution in [3.8, 4) is 0 Å². The van der Waals surface area contributed by atoms with Crippen molar-refractivity contribution >= 4 is 22.9 Å². The first kappa shape index (κ1) is 19.3. The average molecular weight is 348 g/mol. The molecule has 7 heteroatoms. The molecule has 0 aliphatic carbocycles. The van der Waals surface area contributed by atoms with Gasteiger partial charge in [0, 0.05) is 13.1 Å². The molecule has 0 fully saturated rings. The Hall–Kier alpha value is -2.05. The summed E-state index contributed by atoms with van der Waals surface area (Å²) in [6.07, 6.45) is 6.53. The predicted octanol–water partition coefficient (Wildman–Crippen LogP) is 3.52. The van der Waals surface area contributed by atoms with Crippen LogP contribution in [0.25, 0.3) is 11.2 Å². The smallest absolute Gasteiger partial charge is 0.327 e. The van der Waals surface area contributed by atoms with E-state index in [4.69, 9.17) is 5.73 Å². The Labute approximate surface area is 149 Å². The van der Waals surface area contributed by atoms with Gasteiger partial charge in [-0.2, -0.15) is 9.97 Å². The van der Waals surface area contributed by atoms with Gasteiger partial charge in [-0.15, -0.1) is 0 Å². The number of nitrogens with two attached hydrogens (primary N) is 1. The summed E-state index contributed by atoms with van der Waals surface area (Å²) in [5.41, 5.74) is 7.30. The molecule has 0 spiro atoms. The molecule has 2 heterocycles. The number of aryl methyl sites for hydroxylation is 1. The summed E-state index contributed by atoms with van der Waals surface area (Å²) in [5.74, 6) is 0.798. The number of nitrogen functional groups attached to an aromatic ring is 1. The highest BCUT2D eigenvalue weighted by molar-refractivity contribution is 5.82. The van der Waals surface area contributed by atoms with Crippen molar-refractivity contribution < 1.29 is 0 Å². The van der Waals surface area contributed by atoms with Gasteiger partial charge in [0.1, 0.15) is 5.52 Å². The standard InChI is InChI=1S/C18H32N6O/c1-5-6-11-20-16-22-14(19)13-15(23-16)24(17(25)21-13)12-9-7-8-10-18(2,3)4/h5-12H2,1-4H3,(H,21,25)(H3,19,20,22,23). The molecule has 0 atom stereocenters. The van der Waals surface area contributed by atoms with E-state index in [1.807, 2.05) is 0 Å². The number of hydrogen-bond acceptors (Lipinski definition) is 5. The lowest BCUT2D eigenvalue weighted by Crippen LogP contribution is -2.17. The monoisotopic (exact) mass is 348 g/mol. The second-order valence-electron chi connectivity index (χ2n) is 7.86. The molecule has 2 aromatic heterocycles.